The number of halogens is 1. The Bertz CT molecular complexity index is 655. The Morgan fingerprint density at radius 1 is 1.23 bits per heavy atom. The number of aryl methyl sites for hydroxylation is 1. The summed E-state index contributed by atoms with van der Waals surface area (Å²) in [5, 5.41) is 2.93. The monoisotopic (exact) mass is 409 g/mol. The predicted octanol–water partition coefficient (Wildman–Crippen LogP) is 5.03. The van der Waals surface area contributed by atoms with Gasteiger partial charge in [0.15, 0.2) is 0 Å². The van der Waals surface area contributed by atoms with E-state index in [0.29, 0.717) is 23.6 Å². The van der Waals surface area contributed by atoms with Gasteiger partial charge in [-0.05, 0) is 65.8 Å². The van der Waals surface area contributed by atoms with Crippen molar-refractivity contribution in [2.45, 2.75) is 26.7 Å². The minimum atomic E-state index is -0.121. The molecule has 116 valence electrons. The maximum atomic E-state index is 12.4. The molecule has 0 aliphatic heterocycles. The lowest BCUT2D eigenvalue weighted by Crippen LogP contribution is -2.13. The van der Waals surface area contributed by atoms with Crippen molar-refractivity contribution in [1.82, 2.24) is 0 Å². The fourth-order valence-electron chi connectivity index (χ4n) is 1.95. The molecule has 2 aromatic carbocycles. The van der Waals surface area contributed by atoms with Crippen molar-refractivity contribution in [2.24, 2.45) is 0 Å². The largest absolute Gasteiger partial charge is 0.491 e. The Kier molecular flexibility index (Phi) is 6.24. The number of rotatable bonds is 6. The molecule has 1 N–H and O–H groups in total. The van der Waals surface area contributed by atoms with E-state index in [9.17, 15) is 4.79 Å². The summed E-state index contributed by atoms with van der Waals surface area (Å²) in [5.74, 6) is 0.593. The number of benzene rings is 2. The number of carbonyl (C=O) groups excluding carboxylic acids is 1. The van der Waals surface area contributed by atoms with Gasteiger partial charge in [-0.25, -0.2) is 0 Å². The van der Waals surface area contributed by atoms with Crippen LogP contribution < -0.4 is 10.1 Å². The van der Waals surface area contributed by atoms with Gasteiger partial charge in [0.25, 0.3) is 5.91 Å². The van der Waals surface area contributed by atoms with Crippen LogP contribution in [0.4, 0.5) is 5.69 Å². The molecule has 0 spiro atoms. The molecule has 0 aliphatic rings. The Morgan fingerprint density at radius 3 is 2.73 bits per heavy atom. The highest BCUT2D eigenvalue weighted by Gasteiger charge is 2.10. The number of nitrogens with one attached hydrogen (secondary N) is 1. The summed E-state index contributed by atoms with van der Waals surface area (Å²) in [6.07, 6.45) is 2.08. The summed E-state index contributed by atoms with van der Waals surface area (Å²) in [4.78, 5) is 12.4. The molecule has 0 saturated carbocycles. The van der Waals surface area contributed by atoms with E-state index in [1.54, 1.807) is 0 Å². The van der Waals surface area contributed by atoms with Crippen LogP contribution in [0, 0.1) is 10.5 Å². The number of hydrogen-bond acceptors (Lipinski definition) is 2. The summed E-state index contributed by atoms with van der Waals surface area (Å²) in [7, 11) is 0. The average molecular weight is 409 g/mol. The number of unbranched alkanes of at least 4 members (excludes halogenated alkanes) is 1. The van der Waals surface area contributed by atoms with Gasteiger partial charge in [0.2, 0.25) is 0 Å². The van der Waals surface area contributed by atoms with Gasteiger partial charge in [-0.15, -0.1) is 0 Å². The fraction of sp³-hybridized carbons (Fsp3) is 0.278. The minimum Gasteiger partial charge on any atom is -0.491 e. The Labute approximate surface area is 145 Å². The second-order valence-corrected chi connectivity index (χ2v) is 6.28. The number of carbonyl (C=O) groups is 1. The van der Waals surface area contributed by atoms with E-state index >= 15 is 0 Å². The highest BCUT2D eigenvalue weighted by atomic mass is 127. The van der Waals surface area contributed by atoms with Crippen molar-refractivity contribution < 1.29 is 9.53 Å². The van der Waals surface area contributed by atoms with Crippen molar-refractivity contribution in [3.63, 3.8) is 0 Å². The zero-order valence-electron chi connectivity index (χ0n) is 12.9. The lowest BCUT2D eigenvalue weighted by atomic mass is 10.1. The van der Waals surface area contributed by atoms with Crippen LogP contribution in [0.25, 0.3) is 0 Å². The summed E-state index contributed by atoms with van der Waals surface area (Å²) in [6.45, 7) is 4.81. The molecule has 0 aliphatic carbocycles. The van der Waals surface area contributed by atoms with Crippen LogP contribution in [-0.2, 0) is 0 Å². The number of amides is 1. The lowest BCUT2D eigenvalue weighted by molar-refractivity contribution is 0.102. The summed E-state index contributed by atoms with van der Waals surface area (Å²) < 4.78 is 6.82. The van der Waals surface area contributed by atoms with E-state index in [2.05, 4.69) is 34.8 Å². The molecule has 3 nitrogen and oxygen atoms in total. The van der Waals surface area contributed by atoms with Crippen LogP contribution in [0.2, 0.25) is 0 Å². The van der Waals surface area contributed by atoms with Crippen LogP contribution in [-0.4, -0.2) is 12.5 Å². The van der Waals surface area contributed by atoms with Crippen LogP contribution in [0.1, 0.15) is 35.7 Å². The third-order valence-corrected chi connectivity index (χ3v) is 4.49. The first kappa shape index (κ1) is 16.8. The summed E-state index contributed by atoms with van der Waals surface area (Å²) in [6, 6.07) is 13.2. The predicted molar refractivity (Wildman–Crippen MR) is 98.7 cm³/mol. The number of para-hydroxylation sites is 2. The van der Waals surface area contributed by atoms with E-state index in [1.165, 1.54) is 5.56 Å². The van der Waals surface area contributed by atoms with Crippen molar-refractivity contribution in [2.75, 3.05) is 11.9 Å². The quantitative estimate of drug-likeness (QED) is 0.537. The van der Waals surface area contributed by atoms with Gasteiger partial charge in [-0.3, -0.25) is 4.79 Å². The molecule has 0 fully saturated rings. The fourth-order valence-corrected chi connectivity index (χ4v) is 2.47. The SMILES string of the molecule is CCCCOc1ccccc1NC(=O)c1ccc(C)c(I)c1. The van der Waals surface area contributed by atoms with E-state index in [1.807, 2.05) is 49.4 Å². The zero-order valence-corrected chi connectivity index (χ0v) is 15.0. The topological polar surface area (TPSA) is 38.3 Å². The van der Waals surface area contributed by atoms with Crippen molar-refractivity contribution in [3.8, 4) is 5.75 Å². The van der Waals surface area contributed by atoms with E-state index < -0.39 is 0 Å². The maximum absolute atomic E-state index is 12.4. The second-order valence-electron chi connectivity index (χ2n) is 5.12. The Hall–Kier alpha value is -1.56. The minimum absolute atomic E-state index is 0.121. The van der Waals surface area contributed by atoms with Gasteiger partial charge >= 0.3 is 0 Å². The van der Waals surface area contributed by atoms with Gasteiger partial charge < -0.3 is 10.1 Å². The van der Waals surface area contributed by atoms with E-state index in [0.717, 1.165) is 16.4 Å². The molecule has 0 atom stereocenters. The van der Waals surface area contributed by atoms with E-state index in [4.69, 9.17) is 4.74 Å². The molecule has 1 amide bonds. The molecular formula is C18H20INO2. The zero-order chi connectivity index (χ0) is 15.9. The maximum Gasteiger partial charge on any atom is 0.255 e. The highest BCUT2D eigenvalue weighted by molar-refractivity contribution is 14.1. The Balaban J connectivity index is 2.12. The number of hydrogen-bond donors (Lipinski definition) is 1. The molecule has 0 aromatic heterocycles. The first-order valence-corrected chi connectivity index (χ1v) is 8.49. The number of anilines is 1. The normalized spacial score (nSPS) is 10.3. The van der Waals surface area contributed by atoms with Crippen LogP contribution in [0.3, 0.4) is 0 Å². The molecule has 0 unspecified atom stereocenters. The molecule has 22 heavy (non-hydrogen) atoms. The van der Waals surface area contributed by atoms with Crippen LogP contribution >= 0.6 is 22.6 Å². The third-order valence-electron chi connectivity index (χ3n) is 3.32. The van der Waals surface area contributed by atoms with Crippen molar-refractivity contribution in [3.05, 3.63) is 57.2 Å². The molecule has 2 rings (SSSR count). The van der Waals surface area contributed by atoms with Crippen LogP contribution in [0.15, 0.2) is 42.5 Å². The number of ether oxygens (including phenoxy) is 1. The van der Waals surface area contributed by atoms with E-state index in [-0.39, 0.29) is 5.91 Å². The van der Waals surface area contributed by atoms with Gasteiger partial charge in [0, 0.05) is 9.13 Å². The van der Waals surface area contributed by atoms with Crippen LogP contribution in [0.5, 0.6) is 5.75 Å². The first-order chi connectivity index (χ1) is 10.6. The summed E-state index contributed by atoms with van der Waals surface area (Å²) in [5.41, 5.74) is 2.53. The lowest BCUT2D eigenvalue weighted by Gasteiger charge is -2.12. The average Bonchev–Trinajstić information content (AvgIpc) is 2.52. The molecule has 0 heterocycles. The standard InChI is InChI=1S/C18H20INO2/c1-3-4-11-22-17-8-6-5-7-16(17)20-18(21)14-10-9-13(2)15(19)12-14/h5-10,12H,3-4,11H2,1-2H3,(H,20,21). The molecular weight excluding hydrogens is 389 g/mol. The smallest absolute Gasteiger partial charge is 0.255 e. The summed E-state index contributed by atoms with van der Waals surface area (Å²) >= 11 is 2.24. The molecule has 2 aromatic rings. The molecule has 4 heteroatoms. The van der Waals surface area contributed by atoms with Gasteiger partial charge in [-0.1, -0.05) is 31.5 Å². The molecule has 0 saturated heterocycles. The van der Waals surface area contributed by atoms with Crippen molar-refractivity contribution in [1.29, 1.82) is 0 Å². The Morgan fingerprint density at radius 2 is 2.00 bits per heavy atom. The highest BCUT2D eigenvalue weighted by Crippen LogP contribution is 2.25. The van der Waals surface area contributed by atoms with Gasteiger partial charge in [0.1, 0.15) is 5.75 Å². The van der Waals surface area contributed by atoms with Gasteiger partial charge in [0.05, 0.1) is 12.3 Å². The molecule has 0 radical (unpaired) electrons. The first-order valence-electron chi connectivity index (χ1n) is 7.41. The second kappa shape index (κ2) is 8.17. The van der Waals surface area contributed by atoms with Crippen molar-refractivity contribution >= 4 is 34.2 Å². The van der Waals surface area contributed by atoms with Gasteiger partial charge in [-0.2, -0.15) is 0 Å². The molecule has 0 bridgehead atoms. The third kappa shape index (κ3) is 4.47.